The Balaban J connectivity index is 1.21. The number of hydrogen-bond donors (Lipinski definition) is 1. The van der Waals surface area contributed by atoms with Crippen molar-refractivity contribution in [1.82, 2.24) is 29.9 Å². The van der Waals surface area contributed by atoms with Crippen LogP contribution in [0.25, 0.3) is 11.2 Å². The van der Waals surface area contributed by atoms with Crippen LogP contribution in [0.3, 0.4) is 0 Å². The fourth-order valence-corrected chi connectivity index (χ4v) is 6.62. The molecule has 2 aromatic carbocycles. The zero-order valence-electron chi connectivity index (χ0n) is 21.2. The zero-order chi connectivity index (χ0) is 27.1. The van der Waals surface area contributed by atoms with Crippen molar-refractivity contribution < 1.29 is 4.79 Å². The lowest BCUT2D eigenvalue weighted by molar-refractivity contribution is -0.138. The molecule has 11 heteroatoms. The lowest BCUT2D eigenvalue weighted by Crippen LogP contribution is -2.48. The van der Waals surface area contributed by atoms with E-state index in [0.29, 0.717) is 59.0 Å². The van der Waals surface area contributed by atoms with Gasteiger partial charge in [0, 0.05) is 34.1 Å². The highest BCUT2D eigenvalue weighted by atomic mass is 35.5. The van der Waals surface area contributed by atoms with Crippen LogP contribution in [0.4, 0.5) is 0 Å². The summed E-state index contributed by atoms with van der Waals surface area (Å²) in [6.07, 6.45) is 5.21. The number of piperidine rings is 1. The summed E-state index contributed by atoms with van der Waals surface area (Å²) in [6, 6.07) is 13.0. The van der Waals surface area contributed by atoms with E-state index in [2.05, 4.69) is 15.3 Å². The first-order valence-corrected chi connectivity index (χ1v) is 14.3. The summed E-state index contributed by atoms with van der Waals surface area (Å²) in [7, 11) is 0. The molecule has 202 valence electrons. The van der Waals surface area contributed by atoms with Crippen LogP contribution in [-0.4, -0.2) is 48.9 Å². The van der Waals surface area contributed by atoms with Crippen LogP contribution < -0.4 is 5.56 Å². The number of aromatic amines is 1. The summed E-state index contributed by atoms with van der Waals surface area (Å²) in [5, 5.41) is 9.92. The first kappa shape index (κ1) is 26.3. The predicted molar refractivity (Wildman–Crippen MR) is 152 cm³/mol. The van der Waals surface area contributed by atoms with Gasteiger partial charge in [-0.1, -0.05) is 71.1 Å². The van der Waals surface area contributed by atoms with Gasteiger partial charge in [0.15, 0.2) is 11.2 Å². The molecular formula is C28H27Cl3N6O2. The van der Waals surface area contributed by atoms with Gasteiger partial charge in [-0.2, -0.15) is 0 Å². The number of nitrogens with zero attached hydrogens (tertiary/aromatic N) is 5. The van der Waals surface area contributed by atoms with Gasteiger partial charge in [0.2, 0.25) is 5.91 Å². The molecule has 6 rings (SSSR count). The molecule has 1 amide bonds. The number of likely N-dealkylation sites (tertiary alicyclic amines) is 1. The molecule has 0 radical (unpaired) electrons. The average molecular weight is 586 g/mol. The van der Waals surface area contributed by atoms with E-state index < -0.39 is 5.41 Å². The number of hydrogen-bond acceptors (Lipinski definition) is 5. The minimum absolute atomic E-state index is 0.0173. The highest BCUT2D eigenvalue weighted by molar-refractivity contribution is 6.35. The van der Waals surface area contributed by atoms with E-state index in [4.69, 9.17) is 39.8 Å². The van der Waals surface area contributed by atoms with Crippen molar-refractivity contribution in [1.29, 1.82) is 0 Å². The number of aromatic nitrogens is 5. The summed E-state index contributed by atoms with van der Waals surface area (Å²) in [4.78, 5) is 36.4. The summed E-state index contributed by atoms with van der Waals surface area (Å²) in [5.74, 6) is 0.808. The van der Waals surface area contributed by atoms with E-state index >= 15 is 0 Å². The Kier molecular flexibility index (Phi) is 7.12. The van der Waals surface area contributed by atoms with E-state index in [-0.39, 0.29) is 22.9 Å². The van der Waals surface area contributed by atoms with Crippen molar-refractivity contribution >= 4 is 51.9 Å². The monoisotopic (exact) mass is 584 g/mol. The molecule has 0 spiro atoms. The molecule has 2 aromatic heterocycles. The minimum atomic E-state index is -0.482. The van der Waals surface area contributed by atoms with Crippen LogP contribution in [-0.2, 0) is 16.8 Å². The summed E-state index contributed by atoms with van der Waals surface area (Å²) < 4.78 is 1.58. The molecule has 1 saturated carbocycles. The Hall–Kier alpha value is -2.94. The second kappa shape index (κ2) is 10.6. The second-order valence-electron chi connectivity index (χ2n) is 10.5. The van der Waals surface area contributed by atoms with Crippen LogP contribution in [0, 0.1) is 0 Å². The third kappa shape index (κ3) is 4.94. The van der Waals surface area contributed by atoms with Gasteiger partial charge in [0.25, 0.3) is 5.56 Å². The molecule has 1 aliphatic heterocycles. The summed E-state index contributed by atoms with van der Waals surface area (Å²) >= 11 is 18.5. The van der Waals surface area contributed by atoms with Crippen molar-refractivity contribution in [3.63, 3.8) is 0 Å². The molecule has 1 aliphatic carbocycles. The minimum Gasteiger partial charge on any atom is -0.342 e. The van der Waals surface area contributed by atoms with E-state index in [9.17, 15) is 9.59 Å². The van der Waals surface area contributed by atoms with Crippen molar-refractivity contribution in [3.05, 3.63) is 84.8 Å². The van der Waals surface area contributed by atoms with Gasteiger partial charge in [0.05, 0.1) is 12.0 Å². The van der Waals surface area contributed by atoms with Crippen molar-refractivity contribution in [3.8, 4) is 0 Å². The third-order valence-electron chi connectivity index (χ3n) is 8.16. The lowest BCUT2D eigenvalue weighted by atomic mass is 9.77. The molecular weight excluding hydrogens is 559 g/mol. The number of nitrogens with one attached hydrogen (secondary N) is 1. The van der Waals surface area contributed by atoms with Gasteiger partial charge < -0.3 is 9.88 Å². The number of halogens is 3. The highest BCUT2D eigenvalue weighted by Gasteiger charge is 2.45. The van der Waals surface area contributed by atoms with Gasteiger partial charge in [0.1, 0.15) is 5.82 Å². The fourth-order valence-electron chi connectivity index (χ4n) is 6.03. The van der Waals surface area contributed by atoms with E-state index in [0.717, 1.165) is 36.8 Å². The Morgan fingerprint density at radius 1 is 1.00 bits per heavy atom. The number of fused-ring (bicyclic) bond motifs is 1. The molecule has 0 atom stereocenters. The van der Waals surface area contributed by atoms with Crippen molar-refractivity contribution in [2.75, 3.05) is 13.1 Å². The third-order valence-corrected chi connectivity index (χ3v) is 9.00. The number of carbonyl (C=O) groups excluding carboxylic acids is 1. The molecule has 39 heavy (non-hydrogen) atoms. The number of amides is 1. The first-order valence-electron chi connectivity index (χ1n) is 13.2. The van der Waals surface area contributed by atoms with Gasteiger partial charge in [-0.05, 0) is 61.1 Å². The van der Waals surface area contributed by atoms with Gasteiger partial charge in [-0.3, -0.25) is 9.59 Å². The molecule has 4 aromatic rings. The van der Waals surface area contributed by atoms with E-state index in [1.807, 2.05) is 35.2 Å². The lowest BCUT2D eigenvalue weighted by Gasteiger charge is -2.38. The van der Waals surface area contributed by atoms with Gasteiger partial charge in [-0.25, -0.2) is 9.67 Å². The topological polar surface area (TPSA) is 96.8 Å². The highest BCUT2D eigenvalue weighted by Crippen LogP contribution is 2.44. The van der Waals surface area contributed by atoms with Crippen molar-refractivity contribution in [2.45, 2.75) is 56.4 Å². The SMILES string of the molecule is O=C(N1CCC(c2nc3c(nnn3Cc3ccc(Cl)cc3Cl)c(=O)[nH]2)CC1)C1(c2ccc(Cl)cc2)CCCC1. The number of benzene rings is 2. The summed E-state index contributed by atoms with van der Waals surface area (Å²) in [6.45, 7) is 1.53. The normalized spacial score (nSPS) is 17.7. The smallest absolute Gasteiger partial charge is 0.281 e. The van der Waals surface area contributed by atoms with Crippen LogP contribution in [0.1, 0.15) is 61.4 Å². The molecule has 2 aliphatic rings. The fraction of sp³-hybridized carbons (Fsp3) is 0.393. The molecule has 0 bridgehead atoms. The van der Waals surface area contributed by atoms with Crippen LogP contribution in [0.2, 0.25) is 15.1 Å². The maximum absolute atomic E-state index is 13.9. The molecule has 3 heterocycles. The molecule has 0 unspecified atom stereocenters. The number of H-pyrrole nitrogens is 1. The number of carbonyl (C=O) groups is 1. The van der Waals surface area contributed by atoms with Gasteiger partial charge in [-0.15, -0.1) is 5.10 Å². The van der Waals surface area contributed by atoms with Gasteiger partial charge >= 0.3 is 0 Å². The van der Waals surface area contributed by atoms with Crippen molar-refractivity contribution in [2.24, 2.45) is 0 Å². The Labute approximate surface area is 240 Å². The van der Waals surface area contributed by atoms with E-state index in [1.54, 1.807) is 16.8 Å². The zero-order valence-corrected chi connectivity index (χ0v) is 23.4. The summed E-state index contributed by atoms with van der Waals surface area (Å²) in [5.41, 5.74) is 1.63. The molecule has 2 fully saturated rings. The molecule has 1 saturated heterocycles. The maximum Gasteiger partial charge on any atom is 0.281 e. The Morgan fingerprint density at radius 2 is 1.69 bits per heavy atom. The maximum atomic E-state index is 13.9. The average Bonchev–Trinajstić information content (AvgIpc) is 3.59. The Bertz CT molecular complexity index is 1590. The largest absolute Gasteiger partial charge is 0.342 e. The van der Waals surface area contributed by atoms with Crippen LogP contribution in [0.5, 0.6) is 0 Å². The van der Waals surface area contributed by atoms with Crippen LogP contribution >= 0.6 is 34.8 Å². The Morgan fingerprint density at radius 3 is 2.38 bits per heavy atom. The first-order chi connectivity index (χ1) is 18.8. The van der Waals surface area contributed by atoms with E-state index in [1.165, 1.54) is 0 Å². The van der Waals surface area contributed by atoms with Crippen LogP contribution in [0.15, 0.2) is 47.3 Å². The standard InChI is InChI=1S/C28H27Cl3N6O2/c29-20-7-4-19(5-8-20)28(11-1-2-12-28)27(39)36-13-9-17(10-14-36)24-32-25-23(26(38)33-24)34-35-37(25)16-18-3-6-21(30)15-22(18)31/h3-8,15,17H,1-2,9-14,16H2,(H,32,33,38). The molecule has 1 N–H and O–H groups in total. The number of rotatable bonds is 5. The second-order valence-corrected chi connectivity index (χ2v) is 11.7. The predicted octanol–water partition coefficient (Wildman–Crippen LogP) is 5.74. The quantitative estimate of drug-likeness (QED) is 0.322. The molecule has 8 nitrogen and oxygen atoms in total.